The predicted octanol–water partition coefficient (Wildman–Crippen LogP) is 4.53. The van der Waals surface area contributed by atoms with Gasteiger partial charge in [-0.15, -0.1) is 11.8 Å². The standard InChI is InChI=1S/C24H27ClN4O3S/c1-3-5-14-29-21(26)20(22(30)27-24(29)32)28(4-2)23(31)17-8-6-16(7-9-17)15-33-19-12-10-18(25)11-13-19/h6-13H,3-5,14-15,26H2,1-2H3,(H,27,30,32). The van der Waals surface area contributed by atoms with E-state index in [0.717, 1.165) is 29.1 Å². The minimum Gasteiger partial charge on any atom is -0.383 e. The summed E-state index contributed by atoms with van der Waals surface area (Å²) < 4.78 is 1.31. The van der Waals surface area contributed by atoms with Gasteiger partial charge in [-0.1, -0.05) is 37.1 Å². The molecule has 0 atom stereocenters. The number of nitrogens with one attached hydrogen (secondary N) is 1. The molecule has 1 amide bonds. The number of hydrogen-bond donors (Lipinski definition) is 2. The Bertz CT molecular complexity index is 1220. The van der Waals surface area contributed by atoms with Gasteiger partial charge >= 0.3 is 5.69 Å². The average Bonchev–Trinajstić information content (AvgIpc) is 2.81. The van der Waals surface area contributed by atoms with Crippen molar-refractivity contribution < 1.29 is 4.79 Å². The SMILES string of the molecule is CCCCn1c(N)c(N(CC)C(=O)c2ccc(CSc3ccc(Cl)cc3)cc2)c(=O)[nH]c1=O. The molecule has 0 aliphatic carbocycles. The van der Waals surface area contributed by atoms with Crippen LogP contribution in [0.5, 0.6) is 0 Å². The van der Waals surface area contributed by atoms with E-state index in [0.29, 0.717) is 17.1 Å². The lowest BCUT2D eigenvalue weighted by Crippen LogP contribution is -2.41. The second-order valence-corrected chi connectivity index (χ2v) is 8.97. The molecule has 3 rings (SSSR count). The summed E-state index contributed by atoms with van der Waals surface area (Å²) in [7, 11) is 0. The number of aromatic nitrogens is 2. The molecule has 33 heavy (non-hydrogen) atoms. The van der Waals surface area contributed by atoms with Gasteiger partial charge in [-0.05, 0) is 55.3 Å². The first-order chi connectivity index (χ1) is 15.8. The first-order valence-corrected chi connectivity index (χ1v) is 12.1. The number of hydrogen-bond acceptors (Lipinski definition) is 5. The molecule has 0 fully saturated rings. The number of nitrogens with two attached hydrogens (primary N) is 1. The second-order valence-electron chi connectivity index (χ2n) is 7.49. The van der Waals surface area contributed by atoms with Crippen molar-refractivity contribution in [3.8, 4) is 0 Å². The van der Waals surface area contributed by atoms with E-state index in [-0.39, 0.29) is 24.0 Å². The Morgan fingerprint density at radius 2 is 1.76 bits per heavy atom. The molecule has 9 heteroatoms. The molecule has 0 aliphatic heterocycles. The number of carbonyl (C=O) groups is 1. The van der Waals surface area contributed by atoms with Gasteiger partial charge in [0.25, 0.3) is 11.5 Å². The summed E-state index contributed by atoms with van der Waals surface area (Å²) in [6, 6.07) is 14.9. The van der Waals surface area contributed by atoms with Gasteiger partial charge in [0, 0.05) is 34.3 Å². The van der Waals surface area contributed by atoms with Gasteiger partial charge in [0.05, 0.1) is 0 Å². The van der Waals surface area contributed by atoms with Crippen LogP contribution in [0.15, 0.2) is 63.0 Å². The van der Waals surface area contributed by atoms with Crippen molar-refractivity contribution in [2.45, 2.75) is 43.9 Å². The van der Waals surface area contributed by atoms with Crippen molar-refractivity contribution in [3.05, 3.63) is 85.5 Å². The summed E-state index contributed by atoms with van der Waals surface area (Å²) >= 11 is 7.59. The van der Waals surface area contributed by atoms with Crippen LogP contribution in [0.2, 0.25) is 5.02 Å². The van der Waals surface area contributed by atoms with E-state index in [9.17, 15) is 14.4 Å². The van der Waals surface area contributed by atoms with Crippen LogP contribution < -0.4 is 21.9 Å². The fourth-order valence-corrected chi connectivity index (χ4v) is 4.36. The predicted molar refractivity (Wildman–Crippen MR) is 135 cm³/mol. The third kappa shape index (κ3) is 5.89. The number of anilines is 2. The molecule has 1 aromatic heterocycles. The molecule has 0 bridgehead atoms. The van der Waals surface area contributed by atoms with Crippen molar-refractivity contribution in [2.75, 3.05) is 17.2 Å². The average molecular weight is 487 g/mol. The van der Waals surface area contributed by atoms with E-state index in [1.54, 1.807) is 30.8 Å². The number of rotatable bonds is 9. The summed E-state index contributed by atoms with van der Waals surface area (Å²) in [6.45, 7) is 4.35. The molecule has 0 aliphatic rings. The van der Waals surface area contributed by atoms with Gasteiger partial charge in [-0.25, -0.2) is 4.79 Å². The quantitative estimate of drug-likeness (QED) is 0.432. The normalized spacial score (nSPS) is 10.9. The fraction of sp³-hybridized carbons (Fsp3) is 0.292. The summed E-state index contributed by atoms with van der Waals surface area (Å²) in [4.78, 5) is 42.7. The lowest BCUT2D eigenvalue weighted by atomic mass is 10.1. The zero-order valence-corrected chi connectivity index (χ0v) is 20.2. The minimum absolute atomic E-state index is 0.000531. The Hall–Kier alpha value is -2.97. The number of carbonyl (C=O) groups excluding carboxylic acids is 1. The Labute approximate surface area is 201 Å². The third-order valence-corrected chi connectivity index (χ3v) is 6.54. The Kier molecular flexibility index (Phi) is 8.41. The minimum atomic E-state index is -0.670. The van der Waals surface area contributed by atoms with Gasteiger partial charge in [-0.3, -0.25) is 19.1 Å². The summed E-state index contributed by atoms with van der Waals surface area (Å²) in [5.74, 6) is 0.387. The Morgan fingerprint density at radius 3 is 2.36 bits per heavy atom. The molecule has 0 unspecified atom stereocenters. The van der Waals surface area contributed by atoms with Gasteiger partial charge < -0.3 is 10.6 Å². The van der Waals surface area contributed by atoms with E-state index in [2.05, 4.69) is 4.98 Å². The van der Waals surface area contributed by atoms with Crippen LogP contribution in [0, 0.1) is 0 Å². The zero-order valence-electron chi connectivity index (χ0n) is 18.6. The molecule has 2 aromatic carbocycles. The number of aromatic amines is 1. The highest BCUT2D eigenvalue weighted by atomic mass is 35.5. The number of amides is 1. The maximum atomic E-state index is 13.2. The molecule has 174 valence electrons. The molecule has 0 saturated heterocycles. The lowest BCUT2D eigenvalue weighted by molar-refractivity contribution is 0.0988. The van der Waals surface area contributed by atoms with Gasteiger partial charge in [-0.2, -0.15) is 0 Å². The first kappa shape index (κ1) is 24.7. The Balaban J connectivity index is 1.81. The Morgan fingerprint density at radius 1 is 1.09 bits per heavy atom. The smallest absolute Gasteiger partial charge is 0.330 e. The van der Waals surface area contributed by atoms with E-state index in [1.165, 1.54) is 9.47 Å². The number of nitrogens with zero attached hydrogens (tertiary/aromatic N) is 2. The molecule has 3 aromatic rings. The van der Waals surface area contributed by atoms with E-state index in [1.807, 2.05) is 43.3 Å². The van der Waals surface area contributed by atoms with Crippen LogP contribution >= 0.6 is 23.4 Å². The highest BCUT2D eigenvalue weighted by Crippen LogP contribution is 2.25. The maximum Gasteiger partial charge on any atom is 0.330 e. The fourth-order valence-electron chi connectivity index (χ4n) is 3.38. The first-order valence-electron chi connectivity index (χ1n) is 10.8. The molecule has 0 radical (unpaired) electrons. The van der Waals surface area contributed by atoms with E-state index >= 15 is 0 Å². The number of nitrogen functional groups attached to an aromatic ring is 1. The van der Waals surface area contributed by atoms with Crippen LogP contribution in [0.1, 0.15) is 42.6 Å². The molecule has 0 spiro atoms. The van der Waals surface area contributed by atoms with Crippen LogP contribution in [-0.4, -0.2) is 22.0 Å². The van der Waals surface area contributed by atoms with Crippen LogP contribution in [0.3, 0.4) is 0 Å². The van der Waals surface area contributed by atoms with Gasteiger partial charge in [0.2, 0.25) is 0 Å². The number of halogens is 1. The zero-order chi connectivity index (χ0) is 24.0. The largest absolute Gasteiger partial charge is 0.383 e. The molecule has 1 heterocycles. The highest BCUT2D eigenvalue weighted by molar-refractivity contribution is 7.98. The monoisotopic (exact) mass is 486 g/mol. The van der Waals surface area contributed by atoms with Crippen LogP contribution in [0.4, 0.5) is 11.5 Å². The van der Waals surface area contributed by atoms with Crippen LogP contribution in [-0.2, 0) is 12.3 Å². The molecule has 3 N–H and O–H groups in total. The number of unbranched alkanes of at least 4 members (excludes halogenated alkanes) is 1. The van der Waals surface area contributed by atoms with E-state index in [4.69, 9.17) is 17.3 Å². The molecule has 0 saturated carbocycles. The van der Waals surface area contributed by atoms with E-state index < -0.39 is 11.2 Å². The van der Waals surface area contributed by atoms with Crippen LogP contribution in [0.25, 0.3) is 0 Å². The number of thioether (sulfide) groups is 1. The van der Waals surface area contributed by atoms with Gasteiger partial charge in [0.15, 0.2) is 5.69 Å². The third-order valence-electron chi connectivity index (χ3n) is 5.20. The highest BCUT2D eigenvalue weighted by Gasteiger charge is 2.24. The topological polar surface area (TPSA) is 101 Å². The van der Waals surface area contributed by atoms with Crippen molar-refractivity contribution in [3.63, 3.8) is 0 Å². The van der Waals surface area contributed by atoms with Crippen molar-refractivity contribution in [1.29, 1.82) is 0 Å². The van der Waals surface area contributed by atoms with Crippen molar-refractivity contribution in [2.24, 2.45) is 0 Å². The molecular weight excluding hydrogens is 460 g/mol. The summed E-state index contributed by atoms with van der Waals surface area (Å²) in [5, 5.41) is 0.697. The lowest BCUT2D eigenvalue weighted by Gasteiger charge is -2.23. The number of H-pyrrole nitrogens is 1. The summed E-state index contributed by atoms with van der Waals surface area (Å²) in [6.07, 6.45) is 1.59. The van der Waals surface area contributed by atoms with Crippen molar-refractivity contribution >= 4 is 40.8 Å². The summed E-state index contributed by atoms with van der Waals surface area (Å²) in [5.41, 5.74) is 6.43. The van der Waals surface area contributed by atoms with Gasteiger partial charge in [0.1, 0.15) is 5.82 Å². The molecule has 7 nitrogen and oxygen atoms in total. The maximum absolute atomic E-state index is 13.2. The molecular formula is C24H27ClN4O3S. The number of benzene rings is 2. The second kappa shape index (κ2) is 11.2. The van der Waals surface area contributed by atoms with Crippen molar-refractivity contribution in [1.82, 2.24) is 9.55 Å².